The number of amides is 2. The van der Waals surface area contributed by atoms with Gasteiger partial charge in [0.05, 0.1) is 11.3 Å². The summed E-state index contributed by atoms with van der Waals surface area (Å²) in [5.41, 5.74) is 1.43. The number of nitrogens with zero attached hydrogens (tertiary/aromatic N) is 2. The van der Waals surface area contributed by atoms with Crippen molar-refractivity contribution in [1.29, 1.82) is 0 Å². The zero-order chi connectivity index (χ0) is 25.0. The van der Waals surface area contributed by atoms with Crippen molar-refractivity contribution in [2.75, 3.05) is 12.3 Å². The van der Waals surface area contributed by atoms with Gasteiger partial charge in [-0.05, 0) is 28.7 Å². The van der Waals surface area contributed by atoms with Crippen molar-refractivity contribution in [2.24, 2.45) is 0 Å². The summed E-state index contributed by atoms with van der Waals surface area (Å²) < 4.78 is 4.50. The van der Waals surface area contributed by atoms with Crippen molar-refractivity contribution in [3.8, 4) is 0 Å². The van der Waals surface area contributed by atoms with Gasteiger partial charge in [0.25, 0.3) is 5.69 Å². The Morgan fingerprint density at radius 3 is 2.60 bits per heavy atom. The van der Waals surface area contributed by atoms with E-state index in [1.165, 1.54) is 47.8 Å². The first-order valence-electron chi connectivity index (χ1n) is 10.8. The van der Waals surface area contributed by atoms with Gasteiger partial charge in [0.1, 0.15) is 22.8 Å². The van der Waals surface area contributed by atoms with E-state index >= 15 is 0 Å². The molecule has 3 atom stereocenters. The van der Waals surface area contributed by atoms with E-state index in [9.17, 15) is 24.5 Å². The zero-order valence-electron chi connectivity index (χ0n) is 18.6. The fraction of sp³-hybridized carbons (Fsp3) is 0.292. The molecular weight excluding hydrogens is 490 g/mol. The van der Waals surface area contributed by atoms with Gasteiger partial charge in [-0.2, -0.15) is 0 Å². The maximum atomic E-state index is 13.1. The minimum Gasteiger partial charge on any atom is -0.460 e. The van der Waals surface area contributed by atoms with E-state index in [1.54, 1.807) is 10.3 Å². The second-order valence-corrected chi connectivity index (χ2v) is 10.6. The van der Waals surface area contributed by atoms with Crippen LogP contribution in [0.5, 0.6) is 0 Å². The monoisotopic (exact) mass is 513 g/mol. The normalized spacial score (nSPS) is 23.0. The molecule has 0 aromatic heterocycles. The highest BCUT2D eigenvalue weighted by molar-refractivity contribution is 8.06. The first kappa shape index (κ1) is 24.8. The summed E-state index contributed by atoms with van der Waals surface area (Å²) in [7, 11) is 0. The average molecular weight is 514 g/mol. The number of β-lactam (4-membered cyclic amide) rings is 1. The highest BCUT2D eigenvalue weighted by Crippen LogP contribution is 2.44. The van der Waals surface area contributed by atoms with Gasteiger partial charge in [0.15, 0.2) is 0 Å². The van der Waals surface area contributed by atoms with Gasteiger partial charge in [-0.1, -0.05) is 36.9 Å². The number of thioether (sulfide) groups is 2. The van der Waals surface area contributed by atoms with Crippen molar-refractivity contribution >= 4 is 47.0 Å². The Hall–Kier alpha value is -3.31. The van der Waals surface area contributed by atoms with Crippen LogP contribution in [0.3, 0.4) is 0 Å². The molecular formula is C24H23N3O6S2. The van der Waals surface area contributed by atoms with Crippen LogP contribution in [0.2, 0.25) is 0 Å². The number of carbonyl (C=O) groups is 3. The van der Waals surface area contributed by atoms with E-state index in [2.05, 4.69) is 11.9 Å². The Bertz CT molecular complexity index is 1140. The van der Waals surface area contributed by atoms with Crippen LogP contribution in [-0.4, -0.2) is 56.1 Å². The van der Waals surface area contributed by atoms with Crippen molar-refractivity contribution in [1.82, 2.24) is 10.2 Å². The number of hydrogen-bond acceptors (Lipinski definition) is 8. The van der Waals surface area contributed by atoms with Gasteiger partial charge >= 0.3 is 5.97 Å². The molecule has 4 rings (SSSR count). The number of nitro groups is 1. The lowest BCUT2D eigenvalue weighted by molar-refractivity contribution is -0.384. The molecule has 0 aliphatic carbocycles. The lowest BCUT2D eigenvalue weighted by atomic mass is 10.0. The zero-order valence-corrected chi connectivity index (χ0v) is 20.3. The number of nitro benzene ring substituents is 1. The maximum absolute atomic E-state index is 13.1. The number of rotatable bonds is 9. The Morgan fingerprint density at radius 1 is 1.23 bits per heavy atom. The molecule has 2 heterocycles. The third kappa shape index (κ3) is 5.35. The highest BCUT2D eigenvalue weighted by atomic mass is 32.2. The van der Waals surface area contributed by atoms with Crippen LogP contribution in [-0.2, 0) is 32.1 Å². The largest absolute Gasteiger partial charge is 0.460 e. The fourth-order valence-corrected chi connectivity index (χ4v) is 6.50. The van der Waals surface area contributed by atoms with Crippen LogP contribution in [0.1, 0.15) is 11.1 Å². The van der Waals surface area contributed by atoms with Crippen LogP contribution in [0.25, 0.3) is 0 Å². The van der Waals surface area contributed by atoms with Gasteiger partial charge in [0, 0.05) is 24.4 Å². The number of hydrogen-bond donors (Lipinski definition) is 1. The van der Waals surface area contributed by atoms with Crippen LogP contribution < -0.4 is 5.32 Å². The second-order valence-electron chi connectivity index (χ2n) is 8.15. The molecule has 2 unspecified atom stereocenters. The molecule has 2 saturated heterocycles. The lowest BCUT2D eigenvalue weighted by Crippen LogP contribution is -2.74. The summed E-state index contributed by atoms with van der Waals surface area (Å²) in [4.78, 5) is 50.2. The van der Waals surface area contributed by atoms with Crippen LogP contribution >= 0.6 is 23.5 Å². The van der Waals surface area contributed by atoms with Crippen molar-refractivity contribution in [3.05, 3.63) is 87.8 Å². The summed E-state index contributed by atoms with van der Waals surface area (Å²) in [6.07, 6.45) is 0.188. The van der Waals surface area contributed by atoms with Gasteiger partial charge in [0.2, 0.25) is 11.8 Å². The SMILES string of the molecule is C=CSC1(C(=O)OCc2ccc([N+](=O)[O-])cc2)CS[C@@H]2C(NC(=O)Cc3ccccc3)C(=O)N2C1. The minimum absolute atomic E-state index is 0.0451. The number of nitrogens with one attached hydrogen (secondary N) is 1. The smallest absolute Gasteiger partial charge is 0.325 e. The molecule has 1 N–H and O–H groups in total. The van der Waals surface area contributed by atoms with Crippen molar-refractivity contribution in [3.63, 3.8) is 0 Å². The van der Waals surface area contributed by atoms with Gasteiger partial charge in [-0.3, -0.25) is 24.5 Å². The van der Waals surface area contributed by atoms with Gasteiger partial charge in [-0.25, -0.2) is 0 Å². The number of esters is 1. The maximum Gasteiger partial charge on any atom is 0.325 e. The first-order valence-corrected chi connectivity index (χ1v) is 12.7. The molecule has 2 aliphatic heterocycles. The third-order valence-corrected chi connectivity index (χ3v) is 8.54. The molecule has 2 aromatic rings. The predicted molar refractivity (Wildman–Crippen MR) is 133 cm³/mol. The van der Waals surface area contributed by atoms with E-state index in [0.717, 1.165) is 5.56 Å². The minimum atomic E-state index is -1.03. The van der Waals surface area contributed by atoms with Gasteiger partial charge in [-0.15, -0.1) is 23.5 Å². The lowest BCUT2D eigenvalue weighted by Gasteiger charge is -2.53. The van der Waals surface area contributed by atoms with E-state index in [0.29, 0.717) is 11.3 Å². The third-order valence-electron chi connectivity index (χ3n) is 5.78. The van der Waals surface area contributed by atoms with E-state index in [1.807, 2.05) is 30.3 Å². The summed E-state index contributed by atoms with van der Waals surface area (Å²) in [5.74, 6) is -0.575. The van der Waals surface area contributed by atoms with Crippen LogP contribution in [0, 0.1) is 10.1 Å². The van der Waals surface area contributed by atoms with E-state index in [-0.39, 0.29) is 42.4 Å². The molecule has 11 heteroatoms. The quantitative estimate of drug-likeness (QED) is 0.235. The first-order chi connectivity index (χ1) is 16.8. The number of ether oxygens (including phenoxy) is 1. The fourth-order valence-electron chi connectivity index (χ4n) is 3.95. The Labute approximate surface area is 210 Å². The molecule has 182 valence electrons. The molecule has 0 radical (unpaired) electrons. The molecule has 0 bridgehead atoms. The number of benzene rings is 2. The van der Waals surface area contributed by atoms with Gasteiger partial charge < -0.3 is 15.0 Å². The topological polar surface area (TPSA) is 119 Å². The van der Waals surface area contributed by atoms with Crippen molar-refractivity contribution in [2.45, 2.75) is 29.2 Å². The number of fused-ring (bicyclic) bond motifs is 1. The summed E-state index contributed by atoms with van der Waals surface area (Å²) in [6, 6.07) is 14.4. The summed E-state index contributed by atoms with van der Waals surface area (Å²) in [6.45, 7) is 3.82. The molecule has 0 spiro atoms. The number of non-ortho nitro benzene ring substituents is 1. The summed E-state index contributed by atoms with van der Waals surface area (Å²) >= 11 is 2.63. The Balaban J connectivity index is 1.35. The molecule has 35 heavy (non-hydrogen) atoms. The number of carbonyl (C=O) groups excluding carboxylic acids is 3. The van der Waals surface area contributed by atoms with E-state index < -0.39 is 21.7 Å². The molecule has 2 fully saturated rings. The van der Waals surface area contributed by atoms with Crippen LogP contribution in [0.4, 0.5) is 5.69 Å². The highest BCUT2D eigenvalue weighted by Gasteiger charge is 2.58. The standard InChI is InChI=1S/C24H23N3O6S2/c1-2-35-24(23(30)33-13-17-8-10-18(11-9-17)27(31)32)14-26-21(29)20(22(26)34-15-24)25-19(28)12-16-6-4-3-5-7-16/h2-11,20,22H,1,12-15H2,(H,25,28)/t20?,22-,24?/m1/s1. The second kappa shape index (κ2) is 10.5. The molecule has 0 saturated carbocycles. The molecule has 9 nitrogen and oxygen atoms in total. The summed E-state index contributed by atoms with van der Waals surface area (Å²) in [5, 5.41) is 14.9. The van der Waals surface area contributed by atoms with E-state index in [4.69, 9.17) is 4.74 Å². The van der Waals surface area contributed by atoms with Crippen molar-refractivity contribution < 1.29 is 24.0 Å². The molecule has 2 amide bonds. The molecule has 2 aromatic carbocycles. The Morgan fingerprint density at radius 2 is 1.94 bits per heavy atom. The predicted octanol–water partition coefficient (Wildman–Crippen LogP) is 2.90. The van der Waals surface area contributed by atoms with Crippen LogP contribution in [0.15, 0.2) is 66.6 Å². The average Bonchev–Trinajstić information content (AvgIpc) is 2.86. The Kier molecular flexibility index (Phi) is 7.46. The molecule has 2 aliphatic rings.